The monoisotopic (exact) mass is 302 g/mol. The molecule has 0 fully saturated rings. The Bertz CT molecular complexity index is 805. The van der Waals surface area contributed by atoms with Crippen LogP contribution in [-0.4, -0.2) is 14.2 Å². The maximum atomic E-state index is 6.33. The number of rotatable bonds is 3. The molecule has 0 unspecified atom stereocenters. The lowest BCUT2D eigenvalue weighted by molar-refractivity contribution is 0.397. The highest BCUT2D eigenvalue weighted by molar-refractivity contribution is 6.33. The lowest BCUT2D eigenvalue weighted by atomic mass is 10.0. The van der Waals surface area contributed by atoms with Crippen molar-refractivity contribution < 1.29 is 13.9 Å². The molecule has 3 rings (SSSR count). The standard InChI is InChI=1S/C17H15ClO3/c1-10-16(12-6-4-5-7-13(12)18)17-14(20-3)8-11(19-2)9-15(17)21-10/h4-9H,1-3H3. The number of hydrogen-bond donors (Lipinski definition) is 0. The Labute approximate surface area is 128 Å². The third-order valence-electron chi connectivity index (χ3n) is 3.50. The van der Waals surface area contributed by atoms with Gasteiger partial charge >= 0.3 is 0 Å². The molecule has 0 radical (unpaired) electrons. The van der Waals surface area contributed by atoms with Crippen LogP contribution in [-0.2, 0) is 0 Å². The molecule has 0 aliphatic rings. The molecule has 0 saturated carbocycles. The summed E-state index contributed by atoms with van der Waals surface area (Å²) in [6.45, 7) is 1.92. The van der Waals surface area contributed by atoms with E-state index >= 15 is 0 Å². The maximum absolute atomic E-state index is 6.33. The molecule has 0 atom stereocenters. The van der Waals surface area contributed by atoms with Crippen molar-refractivity contribution in [2.45, 2.75) is 6.92 Å². The summed E-state index contributed by atoms with van der Waals surface area (Å²) in [7, 11) is 3.25. The predicted molar refractivity (Wildman–Crippen MR) is 84.5 cm³/mol. The summed E-state index contributed by atoms with van der Waals surface area (Å²) >= 11 is 6.33. The van der Waals surface area contributed by atoms with E-state index in [1.165, 1.54) is 0 Å². The maximum Gasteiger partial charge on any atom is 0.142 e. The molecule has 0 bridgehead atoms. The summed E-state index contributed by atoms with van der Waals surface area (Å²) in [6.07, 6.45) is 0. The fourth-order valence-electron chi connectivity index (χ4n) is 2.55. The molecule has 0 N–H and O–H groups in total. The van der Waals surface area contributed by atoms with Crippen molar-refractivity contribution in [3.63, 3.8) is 0 Å². The average Bonchev–Trinajstić information content (AvgIpc) is 2.82. The van der Waals surface area contributed by atoms with Crippen LogP contribution in [0.2, 0.25) is 5.02 Å². The minimum absolute atomic E-state index is 0.682. The van der Waals surface area contributed by atoms with Crippen molar-refractivity contribution in [3.05, 3.63) is 47.2 Å². The van der Waals surface area contributed by atoms with Crippen molar-refractivity contribution in [2.75, 3.05) is 14.2 Å². The summed E-state index contributed by atoms with van der Waals surface area (Å²) in [5, 5.41) is 1.59. The van der Waals surface area contributed by atoms with E-state index < -0.39 is 0 Å². The number of ether oxygens (including phenoxy) is 2. The van der Waals surface area contributed by atoms with Gasteiger partial charge < -0.3 is 13.9 Å². The van der Waals surface area contributed by atoms with E-state index in [0.717, 1.165) is 27.9 Å². The molecular formula is C17H15ClO3. The topological polar surface area (TPSA) is 31.6 Å². The quantitative estimate of drug-likeness (QED) is 0.676. The molecule has 3 aromatic rings. The third-order valence-corrected chi connectivity index (χ3v) is 3.83. The molecular weight excluding hydrogens is 288 g/mol. The van der Waals surface area contributed by atoms with E-state index in [4.69, 9.17) is 25.5 Å². The van der Waals surface area contributed by atoms with Crippen molar-refractivity contribution in [1.82, 2.24) is 0 Å². The van der Waals surface area contributed by atoms with E-state index in [1.54, 1.807) is 14.2 Å². The number of furan rings is 1. The van der Waals surface area contributed by atoms with Crippen LogP contribution in [0.4, 0.5) is 0 Å². The molecule has 21 heavy (non-hydrogen) atoms. The second-order valence-electron chi connectivity index (χ2n) is 4.72. The fraction of sp³-hybridized carbons (Fsp3) is 0.176. The van der Waals surface area contributed by atoms with Gasteiger partial charge in [0, 0.05) is 28.3 Å². The smallest absolute Gasteiger partial charge is 0.142 e. The van der Waals surface area contributed by atoms with Crippen LogP contribution in [0.3, 0.4) is 0 Å². The number of methoxy groups -OCH3 is 2. The first-order valence-electron chi connectivity index (χ1n) is 6.55. The van der Waals surface area contributed by atoms with Crippen LogP contribution in [0.1, 0.15) is 5.76 Å². The van der Waals surface area contributed by atoms with Crippen molar-refractivity contribution in [2.24, 2.45) is 0 Å². The summed E-state index contributed by atoms with van der Waals surface area (Å²) in [6, 6.07) is 11.4. The van der Waals surface area contributed by atoms with E-state index in [2.05, 4.69) is 0 Å². The van der Waals surface area contributed by atoms with E-state index in [9.17, 15) is 0 Å². The molecule has 4 heteroatoms. The first kappa shape index (κ1) is 13.8. The number of halogens is 1. The van der Waals surface area contributed by atoms with Crippen LogP contribution in [0.5, 0.6) is 11.5 Å². The van der Waals surface area contributed by atoms with Gasteiger partial charge in [-0.3, -0.25) is 0 Å². The highest BCUT2D eigenvalue weighted by Gasteiger charge is 2.20. The van der Waals surface area contributed by atoms with Gasteiger partial charge in [-0.1, -0.05) is 29.8 Å². The minimum atomic E-state index is 0.682. The Balaban J connectivity index is 2.38. The Morgan fingerprint density at radius 1 is 1.05 bits per heavy atom. The molecule has 108 valence electrons. The van der Waals surface area contributed by atoms with Crippen molar-refractivity contribution in [3.8, 4) is 22.6 Å². The lowest BCUT2D eigenvalue weighted by Crippen LogP contribution is -1.89. The molecule has 0 saturated heterocycles. The largest absolute Gasteiger partial charge is 0.496 e. The van der Waals surface area contributed by atoms with Crippen LogP contribution in [0.25, 0.3) is 22.1 Å². The number of benzene rings is 2. The molecule has 0 spiro atoms. The van der Waals surface area contributed by atoms with Gasteiger partial charge in [0.05, 0.1) is 19.6 Å². The van der Waals surface area contributed by atoms with E-state index in [1.807, 2.05) is 43.3 Å². The molecule has 2 aromatic carbocycles. The second-order valence-corrected chi connectivity index (χ2v) is 5.12. The van der Waals surface area contributed by atoms with Gasteiger partial charge in [0.25, 0.3) is 0 Å². The molecule has 1 aromatic heterocycles. The Hall–Kier alpha value is -2.13. The zero-order valence-electron chi connectivity index (χ0n) is 12.1. The van der Waals surface area contributed by atoms with Crippen LogP contribution >= 0.6 is 11.6 Å². The lowest BCUT2D eigenvalue weighted by Gasteiger charge is -2.08. The van der Waals surface area contributed by atoms with Gasteiger partial charge in [-0.05, 0) is 13.0 Å². The molecule has 1 heterocycles. The fourth-order valence-corrected chi connectivity index (χ4v) is 2.78. The highest BCUT2D eigenvalue weighted by atomic mass is 35.5. The molecule has 0 aliphatic heterocycles. The number of fused-ring (bicyclic) bond motifs is 1. The summed E-state index contributed by atoms with van der Waals surface area (Å²) < 4.78 is 16.7. The van der Waals surface area contributed by atoms with Crippen LogP contribution in [0.15, 0.2) is 40.8 Å². The van der Waals surface area contributed by atoms with E-state index in [-0.39, 0.29) is 0 Å². The van der Waals surface area contributed by atoms with Crippen LogP contribution < -0.4 is 9.47 Å². The van der Waals surface area contributed by atoms with Gasteiger partial charge in [0.15, 0.2) is 0 Å². The third kappa shape index (κ3) is 2.24. The van der Waals surface area contributed by atoms with Gasteiger partial charge in [0.1, 0.15) is 22.8 Å². The van der Waals surface area contributed by atoms with Gasteiger partial charge in [0.2, 0.25) is 0 Å². The SMILES string of the molecule is COc1cc(OC)c2c(-c3ccccc3Cl)c(C)oc2c1. The van der Waals surface area contributed by atoms with Crippen LogP contribution in [0, 0.1) is 6.92 Å². The zero-order valence-corrected chi connectivity index (χ0v) is 12.8. The van der Waals surface area contributed by atoms with Crippen molar-refractivity contribution >= 4 is 22.6 Å². The minimum Gasteiger partial charge on any atom is -0.496 e. The summed E-state index contributed by atoms with van der Waals surface area (Å²) in [4.78, 5) is 0. The first-order chi connectivity index (χ1) is 10.2. The normalized spacial score (nSPS) is 10.9. The summed E-state index contributed by atoms with van der Waals surface area (Å²) in [5.41, 5.74) is 2.60. The molecule has 3 nitrogen and oxygen atoms in total. The first-order valence-corrected chi connectivity index (χ1v) is 6.93. The Morgan fingerprint density at radius 3 is 2.48 bits per heavy atom. The highest BCUT2D eigenvalue weighted by Crippen LogP contribution is 2.43. The van der Waals surface area contributed by atoms with E-state index in [0.29, 0.717) is 16.5 Å². The molecule has 0 aliphatic carbocycles. The number of aryl methyl sites for hydroxylation is 1. The Kier molecular flexibility index (Phi) is 3.52. The zero-order chi connectivity index (χ0) is 15.0. The molecule has 0 amide bonds. The average molecular weight is 303 g/mol. The Morgan fingerprint density at radius 2 is 1.81 bits per heavy atom. The number of hydrogen-bond acceptors (Lipinski definition) is 3. The predicted octanol–water partition coefficient (Wildman–Crippen LogP) is 5.08. The van der Waals surface area contributed by atoms with Gasteiger partial charge in [-0.2, -0.15) is 0 Å². The second kappa shape index (κ2) is 5.34. The van der Waals surface area contributed by atoms with Gasteiger partial charge in [-0.15, -0.1) is 0 Å². The van der Waals surface area contributed by atoms with Gasteiger partial charge in [-0.25, -0.2) is 0 Å². The van der Waals surface area contributed by atoms with Crippen molar-refractivity contribution in [1.29, 1.82) is 0 Å². The summed E-state index contributed by atoms with van der Waals surface area (Å²) in [5.74, 6) is 2.19.